The number of carbonyl (C=O) groups excluding carboxylic acids is 1. The number of ketones is 1. The van der Waals surface area contributed by atoms with E-state index >= 15 is 0 Å². The second-order valence-electron chi connectivity index (χ2n) is 9.83. The SMILES string of the molecule is O=C(Cc1ccc(-c2ccc3ncc(N4CCN(Cc5cccnc5)CC4)nc3c2)cc1)c1ccccc1F. The Labute approximate surface area is 226 Å². The molecule has 3 aromatic carbocycles. The molecular weight excluding hydrogens is 489 g/mol. The average molecular weight is 518 g/mol. The monoisotopic (exact) mass is 517 g/mol. The highest BCUT2D eigenvalue weighted by molar-refractivity contribution is 5.97. The van der Waals surface area contributed by atoms with Gasteiger partial charge in [0.2, 0.25) is 0 Å². The number of carbonyl (C=O) groups is 1. The Morgan fingerprint density at radius 1 is 0.795 bits per heavy atom. The van der Waals surface area contributed by atoms with Crippen molar-refractivity contribution in [3.63, 3.8) is 0 Å². The lowest BCUT2D eigenvalue weighted by Crippen LogP contribution is -2.46. The molecular formula is C32H28FN5O. The second kappa shape index (κ2) is 11.1. The van der Waals surface area contributed by atoms with Gasteiger partial charge in [0.15, 0.2) is 5.78 Å². The third-order valence-corrected chi connectivity index (χ3v) is 7.18. The van der Waals surface area contributed by atoms with Crippen LogP contribution in [0.4, 0.5) is 10.2 Å². The van der Waals surface area contributed by atoms with E-state index in [1.165, 1.54) is 17.7 Å². The van der Waals surface area contributed by atoms with Crippen molar-refractivity contribution in [2.24, 2.45) is 0 Å². The van der Waals surface area contributed by atoms with Gasteiger partial charge in [0.25, 0.3) is 0 Å². The zero-order valence-corrected chi connectivity index (χ0v) is 21.5. The Morgan fingerprint density at radius 2 is 1.59 bits per heavy atom. The number of hydrogen-bond donors (Lipinski definition) is 0. The molecule has 194 valence electrons. The molecule has 1 saturated heterocycles. The summed E-state index contributed by atoms with van der Waals surface area (Å²) in [5, 5.41) is 0. The van der Waals surface area contributed by atoms with Crippen molar-refractivity contribution in [1.29, 1.82) is 0 Å². The molecule has 0 amide bonds. The maximum atomic E-state index is 14.0. The number of rotatable bonds is 7. The Kier molecular flexibility index (Phi) is 7.06. The molecule has 6 nitrogen and oxygen atoms in total. The number of anilines is 1. The van der Waals surface area contributed by atoms with Gasteiger partial charge in [-0.2, -0.15) is 0 Å². The van der Waals surface area contributed by atoms with Crippen molar-refractivity contribution in [1.82, 2.24) is 19.9 Å². The number of aromatic nitrogens is 3. The predicted octanol–water partition coefficient (Wildman–Crippen LogP) is 5.58. The number of halogens is 1. The van der Waals surface area contributed by atoms with Crippen LogP contribution >= 0.6 is 0 Å². The van der Waals surface area contributed by atoms with E-state index in [0.717, 1.165) is 66.3 Å². The van der Waals surface area contributed by atoms with Gasteiger partial charge in [-0.25, -0.2) is 9.37 Å². The Bertz CT molecular complexity index is 1600. The second-order valence-corrected chi connectivity index (χ2v) is 9.83. The highest BCUT2D eigenvalue weighted by Gasteiger charge is 2.19. The number of piperazine rings is 1. The summed E-state index contributed by atoms with van der Waals surface area (Å²) in [5.41, 5.74) is 5.95. The Morgan fingerprint density at radius 3 is 2.36 bits per heavy atom. The molecule has 0 saturated carbocycles. The van der Waals surface area contributed by atoms with Gasteiger partial charge in [-0.15, -0.1) is 0 Å². The van der Waals surface area contributed by atoms with Crippen LogP contribution in [0.3, 0.4) is 0 Å². The van der Waals surface area contributed by atoms with Gasteiger partial charge in [0.05, 0.1) is 22.8 Å². The topological polar surface area (TPSA) is 62.2 Å². The smallest absolute Gasteiger partial charge is 0.170 e. The average Bonchev–Trinajstić information content (AvgIpc) is 2.98. The molecule has 0 bridgehead atoms. The Balaban J connectivity index is 1.13. The van der Waals surface area contributed by atoms with Gasteiger partial charge in [-0.05, 0) is 52.6 Å². The summed E-state index contributed by atoms with van der Waals surface area (Å²) >= 11 is 0. The van der Waals surface area contributed by atoms with Crippen molar-refractivity contribution >= 4 is 22.6 Å². The number of hydrogen-bond acceptors (Lipinski definition) is 6. The standard InChI is InChI=1S/C32H28FN5O/c33-28-6-2-1-5-27(28)31(39)18-23-7-9-25(10-8-23)26-11-12-29-30(19-26)36-32(21-35-29)38-16-14-37(15-17-38)22-24-4-3-13-34-20-24/h1-13,19-21H,14-18,22H2. The van der Waals surface area contributed by atoms with E-state index < -0.39 is 5.82 Å². The quantitative estimate of drug-likeness (QED) is 0.263. The summed E-state index contributed by atoms with van der Waals surface area (Å²) in [5.74, 6) is 0.178. The van der Waals surface area contributed by atoms with E-state index in [-0.39, 0.29) is 17.8 Å². The van der Waals surface area contributed by atoms with Crippen LogP contribution in [-0.2, 0) is 13.0 Å². The van der Waals surface area contributed by atoms with Gasteiger partial charge in [0.1, 0.15) is 11.6 Å². The largest absolute Gasteiger partial charge is 0.353 e. The molecule has 0 atom stereocenters. The number of Topliss-reactive ketones (excluding diaryl/α,β-unsaturated/α-hetero) is 1. The summed E-state index contributed by atoms with van der Waals surface area (Å²) in [6.07, 6.45) is 5.75. The molecule has 1 fully saturated rings. The summed E-state index contributed by atoms with van der Waals surface area (Å²) in [7, 11) is 0. The molecule has 7 heteroatoms. The molecule has 2 aromatic heterocycles. The van der Waals surface area contributed by atoms with Crippen LogP contribution in [0.2, 0.25) is 0 Å². The first-order chi connectivity index (χ1) is 19.1. The van der Waals surface area contributed by atoms with Crippen LogP contribution in [0, 0.1) is 5.82 Å². The lowest BCUT2D eigenvalue weighted by Gasteiger charge is -2.35. The maximum absolute atomic E-state index is 14.0. The zero-order chi connectivity index (χ0) is 26.6. The summed E-state index contributed by atoms with van der Waals surface area (Å²) in [6, 6.07) is 24.1. The van der Waals surface area contributed by atoms with E-state index in [4.69, 9.17) is 4.98 Å². The van der Waals surface area contributed by atoms with Gasteiger partial charge >= 0.3 is 0 Å². The minimum absolute atomic E-state index is 0.125. The molecule has 0 spiro atoms. The van der Waals surface area contributed by atoms with E-state index in [1.54, 1.807) is 18.3 Å². The molecule has 0 N–H and O–H groups in total. The van der Waals surface area contributed by atoms with Crippen LogP contribution in [0.1, 0.15) is 21.5 Å². The van der Waals surface area contributed by atoms with Gasteiger partial charge in [0, 0.05) is 51.5 Å². The van der Waals surface area contributed by atoms with Crippen molar-refractivity contribution in [3.05, 3.63) is 120 Å². The molecule has 3 heterocycles. The first-order valence-corrected chi connectivity index (χ1v) is 13.1. The van der Waals surface area contributed by atoms with Crippen LogP contribution in [0.25, 0.3) is 22.2 Å². The third-order valence-electron chi connectivity index (χ3n) is 7.18. The number of benzene rings is 3. The highest BCUT2D eigenvalue weighted by Crippen LogP contribution is 2.25. The molecule has 1 aliphatic heterocycles. The lowest BCUT2D eigenvalue weighted by molar-refractivity contribution is 0.0989. The first kappa shape index (κ1) is 24.8. The third kappa shape index (κ3) is 5.68. The maximum Gasteiger partial charge on any atom is 0.170 e. The molecule has 1 aliphatic rings. The summed E-state index contributed by atoms with van der Waals surface area (Å²) in [6.45, 7) is 4.62. The van der Waals surface area contributed by atoms with Crippen LogP contribution in [0.5, 0.6) is 0 Å². The summed E-state index contributed by atoms with van der Waals surface area (Å²) in [4.78, 5) is 31.1. The number of pyridine rings is 1. The fourth-order valence-corrected chi connectivity index (χ4v) is 5.00. The molecule has 0 unspecified atom stereocenters. The first-order valence-electron chi connectivity index (χ1n) is 13.1. The normalized spacial score (nSPS) is 14.0. The molecule has 5 aromatic rings. The fourth-order valence-electron chi connectivity index (χ4n) is 5.00. The molecule has 39 heavy (non-hydrogen) atoms. The van der Waals surface area contributed by atoms with Crippen molar-refractivity contribution in [2.45, 2.75) is 13.0 Å². The van der Waals surface area contributed by atoms with Crippen molar-refractivity contribution < 1.29 is 9.18 Å². The van der Waals surface area contributed by atoms with Crippen molar-refractivity contribution in [3.8, 4) is 11.1 Å². The minimum atomic E-state index is -0.484. The van der Waals surface area contributed by atoms with E-state index in [0.29, 0.717) is 0 Å². The Hall–Kier alpha value is -4.49. The summed E-state index contributed by atoms with van der Waals surface area (Å²) < 4.78 is 14.0. The minimum Gasteiger partial charge on any atom is -0.353 e. The molecule has 0 radical (unpaired) electrons. The predicted molar refractivity (Wildman–Crippen MR) is 151 cm³/mol. The molecule has 0 aliphatic carbocycles. The number of fused-ring (bicyclic) bond motifs is 1. The van der Waals surface area contributed by atoms with E-state index in [9.17, 15) is 9.18 Å². The highest BCUT2D eigenvalue weighted by atomic mass is 19.1. The van der Waals surface area contributed by atoms with E-state index in [2.05, 4.69) is 31.9 Å². The van der Waals surface area contributed by atoms with Gasteiger partial charge in [-0.3, -0.25) is 19.7 Å². The zero-order valence-electron chi connectivity index (χ0n) is 21.5. The van der Waals surface area contributed by atoms with Gasteiger partial charge < -0.3 is 4.90 Å². The fraction of sp³-hybridized carbons (Fsp3) is 0.188. The van der Waals surface area contributed by atoms with Crippen LogP contribution < -0.4 is 4.90 Å². The van der Waals surface area contributed by atoms with Gasteiger partial charge in [-0.1, -0.05) is 48.5 Å². The van der Waals surface area contributed by atoms with Crippen LogP contribution in [0.15, 0.2) is 97.5 Å². The van der Waals surface area contributed by atoms with Crippen molar-refractivity contribution in [2.75, 3.05) is 31.1 Å². The van der Waals surface area contributed by atoms with E-state index in [1.807, 2.05) is 54.9 Å². The van der Waals surface area contributed by atoms with Crippen LogP contribution in [-0.4, -0.2) is 51.8 Å². The number of nitrogens with zero attached hydrogens (tertiary/aromatic N) is 5. The lowest BCUT2D eigenvalue weighted by atomic mass is 9.99. The molecule has 6 rings (SSSR count).